The van der Waals surface area contributed by atoms with Crippen LogP contribution in [0.5, 0.6) is 0 Å². The molecule has 0 unspecified atom stereocenters. The molecule has 1 aromatic carbocycles. The highest BCUT2D eigenvalue weighted by Crippen LogP contribution is 2.31. The van der Waals surface area contributed by atoms with Crippen LogP contribution in [0.2, 0.25) is 10.0 Å². The zero-order valence-corrected chi connectivity index (χ0v) is 11.7. The number of aromatic nitrogens is 3. The van der Waals surface area contributed by atoms with Crippen LogP contribution in [-0.2, 0) is 6.54 Å². The molecule has 2 heterocycles. The number of furan rings is 1. The molecule has 102 valence electrons. The van der Waals surface area contributed by atoms with Gasteiger partial charge in [0.1, 0.15) is 17.8 Å². The number of hydrogen-bond acceptors (Lipinski definition) is 4. The van der Waals surface area contributed by atoms with Crippen molar-refractivity contribution in [1.82, 2.24) is 15.2 Å². The molecular weight excluding hydrogens is 299 g/mol. The van der Waals surface area contributed by atoms with E-state index in [9.17, 15) is 0 Å². The second-order valence-corrected chi connectivity index (χ2v) is 4.92. The summed E-state index contributed by atoms with van der Waals surface area (Å²) < 4.78 is 5.74. The number of anilines is 1. The predicted octanol–water partition coefficient (Wildman–Crippen LogP) is 3.98. The van der Waals surface area contributed by atoms with Gasteiger partial charge in [0.15, 0.2) is 0 Å². The number of hydrogen-bond donors (Lipinski definition) is 2. The standard InChI is InChI=1S/C13H10Cl2N4O/c14-8-1-3-10(11(15)5-8)12-4-2-9(20-12)6-16-13-17-7-18-19-13/h1-5,7H,6H2,(H2,16,17,18,19). The second-order valence-electron chi connectivity index (χ2n) is 4.08. The lowest BCUT2D eigenvalue weighted by molar-refractivity contribution is 0.531. The number of nitrogens with zero attached hydrogens (tertiary/aromatic N) is 2. The van der Waals surface area contributed by atoms with Gasteiger partial charge in [-0.1, -0.05) is 23.2 Å². The van der Waals surface area contributed by atoms with E-state index in [0.717, 1.165) is 11.3 Å². The van der Waals surface area contributed by atoms with Crippen LogP contribution in [0.4, 0.5) is 5.95 Å². The fourth-order valence-corrected chi connectivity index (χ4v) is 2.27. The van der Waals surface area contributed by atoms with Crippen molar-refractivity contribution in [3.05, 3.63) is 52.5 Å². The topological polar surface area (TPSA) is 66.7 Å². The minimum Gasteiger partial charge on any atom is -0.459 e. The minimum absolute atomic E-state index is 0.500. The van der Waals surface area contributed by atoms with Crippen molar-refractivity contribution in [3.63, 3.8) is 0 Å². The largest absolute Gasteiger partial charge is 0.459 e. The summed E-state index contributed by atoms with van der Waals surface area (Å²) in [4.78, 5) is 3.96. The molecule has 0 atom stereocenters. The fraction of sp³-hybridized carbons (Fsp3) is 0.0769. The van der Waals surface area contributed by atoms with Crippen LogP contribution >= 0.6 is 23.2 Å². The molecule has 0 amide bonds. The molecule has 0 radical (unpaired) electrons. The molecule has 5 nitrogen and oxygen atoms in total. The van der Waals surface area contributed by atoms with Gasteiger partial charge in [-0.2, -0.15) is 5.10 Å². The summed E-state index contributed by atoms with van der Waals surface area (Å²) in [5, 5.41) is 10.7. The van der Waals surface area contributed by atoms with Crippen LogP contribution in [0.3, 0.4) is 0 Å². The first-order valence-corrected chi connectivity index (χ1v) is 6.61. The number of halogens is 2. The van der Waals surface area contributed by atoms with Gasteiger partial charge in [-0.25, -0.2) is 10.1 Å². The molecule has 3 rings (SSSR count). The number of rotatable bonds is 4. The Morgan fingerprint density at radius 1 is 1.20 bits per heavy atom. The Morgan fingerprint density at radius 3 is 2.85 bits per heavy atom. The average molecular weight is 309 g/mol. The Morgan fingerprint density at radius 2 is 2.10 bits per heavy atom. The monoisotopic (exact) mass is 308 g/mol. The summed E-state index contributed by atoms with van der Waals surface area (Å²) in [5.74, 6) is 2.05. The first-order valence-electron chi connectivity index (χ1n) is 5.86. The van der Waals surface area contributed by atoms with Crippen molar-refractivity contribution in [3.8, 4) is 11.3 Å². The summed E-state index contributed by atoms with van der Waals surface area (Å²) in [6, 6.07) is 9.04. The van der Waals surface area contributed by atoms with Crippen LogP contribution in [0.15, 0.2) is 41.1 Å². The number of H-pyrrole nitrogens is 1. The highest BCUT2D eigenvalue weighted by atomic mass is 35.5. The summed E-state index contributed by atoms with van der Waals surface area (Å²) in [7, 11) is 0. The molecule has 7 heteroatoms. The van der Waals surface area contributed by atoms with Crippen molar-refractivity contribution in [2.45, 2.75) is 6.54 Å². The van der Waals surface area contributed by atoms with E-state index in [1.165, 1.54) is 6.33 Å². The quantitative estimate of drug-likeness (QED) is 0.765. The smallest absolute Gasteiger partial charge is 0.218 e. The van der Waals surface area contributed by atoms with E-state index in [4.69, 9.17) is 27.6 Å². The lowest BCUT2D eigenvalue weighted by Gasteiger charge is -2.02. The number of benzene rings is 1. The van der Waals surface area contributed by atoms with Gasteiger partial charge in [0.05, 0.1) is 11.6 Å². The maximum Gasteiger partial charge on any atom is 0.218 e. The molecule has 0 aliphatic rings. The normalized spacial score (nSPS) is 10.7. The van der Waals surface area contributed by atoms with Gasteiger partial charge < -0.3 is 9.73 Å². The zero-order chi connectivity index (χ0) is 13.9. The first-order chi connectivity index (χ1) is 9.72. The molecule has 0 aliphatic heterocycles. The zero-order valence-electron chi connectivity index (χ0n) is 10.2. The summed E-state index contributed by atoms with van der Waals surface area (Å²) in [6.07, 6.45) is 1.43. The maximum atomic E-state index is 6.15. The molecule has 2 aromatic heterocycles. The molecule has 0 aliphatic carbocycles. The molecule has 0 fully saturated rings. The van der Waals surface area contributed by atoms with Crippen molar-refractivity contribution < 1.29 is 4.42 Å². The maximum absolute atomic E-state index is 6.15. The van der Waals surface area contributed by atoms with Gasteiger partial charge in [-0.3, -0.25) is 0 Å². The van der Waals surface area contributed by atoms with Gasteiger partial charge in [-0.05, 0) is 30.3 Å². The molecular formula is C13H10Cl2N4O. The Kier molecular flexibility index (Phi) is 3.62. The Balaban J connectivity index is 1.76. The van der Waals surface area contributed by atoms with Crippen molar-refractivity contribution in [2.24, 2.45) is 0 Å². The molecule has 0 bridgehead atoms. The van der Waals surface area contributed by atoms with Crippen molar-refractivity contribution in [2.75, 3.05) is 5.32 Å². The van der Waals surface area contributed by atoms with Crippen LogP contribution < -0.4 is 5.32 Å². The SMILES string of the molecule is Clc1ccc(-c2ccc(CNc3ncn[nH]3)o2)c(Cl)c1. The van der Waals surface area contributed by atoms with Crippen molar-refractivity contribution >= 4 is 29.2 Å². The molecule has 2 N–H and O–H groups in total. The Hall–Kier alpha value is -1.98. The van der Waals surface area contributed by atoms with E-state index < -0.39 is 0 Å². The fourth-order valence-electron chi connectivity index (χ4n) is 1.77. The molecule has 0 saturated heterocycles. The van der Waals surface area contributed by atoms with Crippen molar-refractivity contribution in [1.29, 1.82) is 0 Å². The van der Waals surface area contributed by atoms with E-state index in [2.05, 4.69) is 20.5 Å². The molecule has 3 aromatic rings. The van der Waals surface area contributed by atoms with E-state index in [0.29, 0.717) is 28.3 Å². The Labute approximate surface area is 124 Å². The second kappa shape index (κ2) is 5.56. The van der Waals surface area contributed by atoms with Gasteiger partial charge in [0.25, 0.3) is 0 Å². The van der Waals surface area contributed by atoms with E-state index >= 15 is 0 Å². The van der Waals surface area contributed by atoms with E-state index in [1.807, 2.05) is 18.2 Å². The van der Waals surface area contributed by atoms with E-state index in [1.54, 1.807) is 12.1 Å². The third-order valence-electron chi connectivity index (χ3n) is 2.70. The summed E-state index contributed by atoms with van der Waals surface area (Å²) in [6.45, 7) is 0.500. The average Bonchev–Trinajstić information content (AvgIpc) is 3.07. The Bertz CT molecular complexity index is 709. The van der Waals surface area contributed by atoms with Gasteiger partial charge >= 0.3 is 0 Å². The van der Waals surface area contributed by atoms with Crippen LogP contribution in [0.25, 0.3) is 11.3 Å². The van der Waals surface area contributed by atoms with Crippen LogP contribution in [0.1, 0.15) is 5.76 Å². The number of aromatic amines is 1. The third-order valence-corrected chi connectivity index (χ3v) is 3.25. The summed E-state index contributed by atoms with van der Waals surface area (Å²) in [5.41, 5.74) is 0.807. The highest BCUT2D eigenvalue weighted by Gasteiger charge is 2.09. The predicted molar refractivity (Wildman–Crippen MR) is 77.9 cm³/mol. The molecule has 20 heavy (non-hydrogen) atoms. The first kappa shape index (κ1) is 13.0. The molecule has 0 saturated carbocycles. The van der Waals surface area contributed by atoms with Gasteiger partial charge in [0.2, 0.25) is 5.95 Å². The lowest BCUT2D eigenvalue weighted by Crippen LogP contribution is -1.99. The van der Waals surface area contributed by atoms with Crippen LogP contribution in [0, 0.1) is 0 Å². The lowest BCUT2D eigenvalue weighted by atomic mass is 10.2. The highest BCUT2D eigenvalue weighted by molar-refractivity contribution is 6.36. The van der Waals surface area contributed by atoms with E-state index in [-0.39, 0.29) is 0 Å². The minimum atomic E-state index is 0.500. The van der Waals surface area contributed by atoms with Gasteiger partial charge in [-0.15, -0.1) is 0 Å². The third kappa shape index (κ3) is 2.79. The number of nitrogens with one attached hydrogen (secondary N) is 2. The summed E-state index contributed by atoms with van der Waals surface area (Å²) >= 11 is 12.0. The van der Waals surface area contributed by atoms with Gasteiger partial charge in [0, 0.05) is 10.6 Å². The molecule has 0 spiro atoms. The van der Waals surface area contributed by atoms with Crippen LogP contribution in [-0.4, -0.2) is 15.2 Å².